The van der Waals surface area contributed by atoms with E-state index in [0.717, 1.165) is 11.3 Å². The second-order valence-corrected chi connectivity index (χ2v) is 8.96. The standard InChI is InChI=1S/C17H16F2N4O3S2/c1-17(2,3)12-13(25)23-15(21-20-12)28-16(22-23)27-8-11(24)9-4-6-10(7-5-9)26-14(18)19/h4-7,14H,8H2,1-3H3. The van der Waals surface area contributed by atoms with Gasteiger partial charge in [-0.15, -0.1) is 15.3 Å². The molecule has 3 rings (SSSR count). The Bertz CT molecular complexity index is 1060. The van der Waals surface area contributed by atoms with Crippen LogP contribution in [0.1, 0.15) is 36.8 Å². The maximum atomic E-state index is 12.5. The number of hydrogen-bond donors (Lipinski definition) is 0. The van der Waals surface area contributed by atoms with Gasteiger partial charge < -0.3 is 4.74 Å². The zero-order chi connectivity index (χ0) is 20.5. The Kier molecular flexibility index (Phi) is 5.75. The van der Waals surface area contributed by atoms with E-state index in [4.69, 9.17) is 0 Å². The highest BCUT2D eigenvalue weighted by Crippen LogP contribution is 2.25. The molecule has 3 aromatic rings. The SMILES string of the molecule is CC(C)(C)c1nnc2sc(SCC(=O)c3ccc(OC(F)F)cc3)nn2c1=O. The molecule has 0 aliphatic heterocycles. The first-order chi connectivity index (χ1) is 13.1. The highest BCUT2D eigenvalue weighted by Gasteiger charge is 2.23. The number of fused-ring (bicyclic) bond motifs is 1. The minimum Gasteiger partial charge on any atom is -0.435 e. The number of Topliss-reactive ketones (excluding diaryl/α,β-unsaturated/α-hetero) is 1. The number of alkyl halides is 2. The van der Waals surface area contributed by atoms with Gasteiger partial charge in [-0.1, -0.05) is 43.9 Å². The van der Waals surface area contributed by atoms with Crippen molar-refractivity contribution >= 4 is 33.8 Å². The molecular formula is C17H16F2N4O3S2. The summed E-state index contributed by atoms with van der Waals surface area (Å²) in [6.07, 6.45) is 0. The van der Waals surface area contributed by atoms with E-state index >= 15 is 0 Å². The molecule has 28 heavy (non-hydrogen) atoms. The van der Waals surface area contributed by atoms with Crippen molar-refractivity contribution in [1.82, 2.24) is 19.8 Å². The Hall–Kier alpha value is -2.40. The summed E-state index contributed by atoms with van der Waals surface area (Å²) in [5.74, 6) is -0.150. The summed E-state index contributed by atoms with van der Waals surface area (Å²) in [5.41, 5.74) is -0.115. The van der Waals surface area contributed by atoms with Crippen molar-refractivity contribution < 1.29 is 18.3 Å². The van der Waals surface area contributed by atoms with Gasteiger partial charge in [0.15, 0.2) is 10.1 Å². The van der Waals surface area contributed by atoms with E-state index < -0.39 is 12.0 Å². The summed E-state index contributed by atoms with van der Waals surface area (Å²) in [5, 5.41) is 12.3. The van der Waals surface area contributed by atoms with Crippen molar-refractivity contribution in [2.45, 2.75) is 37.1 Å². The van der Waals surface area contributed by atoms with Crippen LogP contribution in [0.4, 0.5) is 8.78 Å². The van der Waals surface area contributed by atoms with E-state index in [-0.39, 0.29) is 22.8 Å². The lowest BCUT2D eigenvalue weighted by Crippen LogP contribution is -2.30. The summed E-state index contributed by atoms with van der Waals surface area (Å²) >= 11 is 2.33. The van der Waals surface area contributed by atoms with Gasteiger partial charge in [0.25, 0.3) is 5.56 Å². The average molecular weight is 426 g/mol. The van der Waals surface area contributed by atoms with Crippen LogP contribution in [0.5, 0.6) is 5.75 Å². The van der Waals surface area contributed by atoms with E-state index in [1.165, 1.54) is 40.5 Å². The Morgan fingerprint density at radius 3 is 2.54 bits per heavy atom. The Labute approximate surface area is 166 Å². The topological polar surface area (TPSA) is 86.4 Å². The minimum absolute atomic E-state index is 0.0158. The predicted octanol–water partition coefficient (Wildman–Crippen LogP) is 3.42. The molecule has 0 spiro atoms. The fourth-order valence-corrected chi connectivity index (χ4v) is 4.03. The van der Waals surface area contributed by atoms with Crippen molar-refractivity contribution in [3.8, 4) is 5.75 Å². The van der Waals surface area contributed by atoms with Crippen molar-refractivity contribution in [1.29, 1.82) is 0 Å². The Morgan fingerprint density at radius 1 is 1.25 bits per heavy atom. The summed E-state index contributed by atoms with van der Waals surface area (Å²) in [6, 6.07) is 5.46. The van der Waals surface area contributed by atoms with Crippen LogP contribution in [0.15, 0.2) is 33.4 Å². The molecule has 0 aliphatic carbocycles. The first-order valence-electron chi connectivity index (χ1n) is 8.13. The molecule has 0 aliphatic rings. The number of halogens is 2. The number of rotatable bonds is 6. The monoisotopic (exact) mass is 426 g/mol. The van der Waals surface area contributed by atoms with Crippen LogP contribution in [0.2, 0.25) is 0 Å². The van der Waals surface area contributed by atoms with Gasteiger partial charge in [-0.25, -0.2) is 0 Å². The van der Waals surface area contributed by atoms with E-state index in [1.807, 2.05) is 20.8 Å². The van der Waals surface area contributed by atoms with E-state index in [9.17, 15) is 18.4 Å². The van der Waals surface area contributed by atoms with Gasteiger partial charge >= 0.3 is 6.61 Å². The highest BCUT2D eigenvalue weighted by molar-refractivity contribution is 8.01. The molecule has 0 N–H and O–H groups in total. The van der Waals surface area contributed by atoms with Crippen LogP contribution in [0.25, 0.3) is 4.96 Å². The molecule has 7 nitrogen and oxygen atoms in total. The predicted molar refractivity (Wildman–Crippen MR) is 102 cm³/mol. The molecule has 0 saturated carbocycles. The van der Waals surface area contributed by atoms with Gasteiger partial charge in [-0.05, 0) is 24.3 Å². The number of aromatic nitrogens is 4. The molecule has 2 heterocycles. The van der Waals surface area contributed by atoms with Crippen molar-refractivity contribution in [2.75, 3.05) is 5.75 Å². The average Bonchev–Trinajstić information content (AvgIpc) is 3.03. The van der Waals surface area contributed by atoms with Gasteiger partial charge in [0, 0.05) is 11.0 Å². The fourth-order valence-electron chi connectivity index (χ4n) is 2.26. The van der Waals surface area contributed by atoms with Crippen LogP contribution in [-0.2, 0) is 5.41 Å². The third-order valence-corrected chi connectivity index (χ3v) is 5.64. The number of carbonyl (C=O) groups excluding carboxylic acids is 1. The summed E-state index contributed by atoms with van der Waals surface area (Å²) < 4.78 is 30.3. The number of carbonyl (C=O) groups is 1. The van der Waals surface area contributed by atoms with Gasteiger partial charge in [0.05, 0.1) is 5.75 Å². The minimum atomic E-state index is -2.92. The van der Waals surface area contributed by atoms with E-state index in [2.05, 4.69) is 20.0 Å². The molecule has 148 valence electrons. The van der Waals surface area contributed by atoms with Gasteiger partial charge in [0.1, 0.15) is 11.4 Å². The number of ether oxygens (including phenoxy) is 1. The number of benzene rings is 1. The van der Waals surface area contributed by atoms with Gasteiger partial charge in [-0.2, -0.15) is 13.3 Å². The first kappa shape index (κ1) is 20.3. The van der Waals surface area contributed by atoms with Crippen molar-refractivity contribution in [3.05, 3.63) is 45.9 Å². The molecule has 0 saturated heterocycles. The van der Waals surface area contributed by atoms with Gasteiger partial charge in [-0.3, -0.25) is 9.59 Å². The molecule has 0 fully saturated rings. The molecular weight excluding hydrogens is 410 g/mol. The van der Waals surface area contributed by atoms with Crippen molar-refractivity contribution in [3.63, 3.8) is 0 Å². The summed E-state index contributed by atoms with van der Waals surface area (Å²) in [4.78, 5) is 25.2. The molecule has 0 unspecified atom stereocenters. The molecule has 2 aromatic heterocycles. The number of hydrogen-bond acceptors (Lipinski definition) is 8. The van der Waals surface area contributed by atoms with Crippen LogP contribution in [0, 0.1) is 0 Å². The van der Waals surface area contributed by atoms with E-state index in [0.29, 0.717) is 20.6 Å². The van der Waals surface area contributed by atoms with Crippen molar-refractivity contribution in [2.24, 2.45) is 0 Å². The zero-order valence-corrected chi connectivity index (χ0v) is 16.8. The maximum absolute atomic E-state index is 12.5. The second kappa shape index (κ2) is 7.92. The number of ketones is 1. The highest BCUT2D eigenvalue weighted by atomic mass is 32.2. The quantitative estimate of drug-likeness (QED) is 0.441. The molecule has 0 bridgehead atoms. The summed E-state index contributed by atoms with van der Waals surface area (Å²) in [6.45, 7) is 2.68. The van der Waals surface area contributed by atoms with Gasteiger partial charge in [0.2, 0.25) is 4.96 Å². The third-order valence-electron chi connectivity index (χ3n) is 3.61. The molecule has 0 radical (unpaired) electrons. The smallest absolute Gasteiger partial charge is 0.387 e. The largest absolute Gasteiger partial charge is 0.435 e. The lowest BCUT2D eigenvalue weighted by atomic mass is 9.93. The van der Waals surface area contributed by atoms with E-state index in [1.54, 1.807) is 0 Å². The Balaban J connectivity index is 1.72. The lowest BCUT2D eigenvalue weighted by molar-refractivity contribution is -0.0498. The van der Waals surface area contributed by atoms with Crippen LogP contribution < -0.4 is 10.3 Å². The van der Waals surface area contributed by atoms with Crippen LogP contribution in [0.3, 0.4) is 0 Å². The normalized spacial score (nSPS) is 11.9. The first-order valence-corrected chi connectivity index (χ1v) is 9.93. The molecule has 0 amide bonds. The zero-order valence-electron chi connectivity index (χ0n) is 15.2. The van der Waals surface area contributed by atoms with Crippen LogP contribution >= 0.6 is 23.1 Å². The summed E-state index contributed by atoms with van der Waals surface area (Å²) in [7, 11) is 0. The number of thioether (sulfide) groups is 1. The molecule has 11 heteroatoms. The maximum Gasteiger partial charge on any atom is 0.387 e. The fraction of sp³-hybridized carbons (Fsp3) is 0.353. The lowest BCUT2D eigenvalue weighted by Gasteiger charge is -2.14. The second-order valence-electron chi connectivity index (χ2n) is 6.78. The van der Waals surface area contributed by atoms with Crippen LogP contribution in [-0.4, -0.2) is 38.0 Å². The Morgan fingerprint density at radius 2 is 1.93 bits per heavy atom. The number of nitrogens with zero attached hydrogens (tertiary/aromatic N) is 4. The third kappa shape index (κ3) is 4.53. The molecule has 0 atom stereocenters. The molecule has 1 aromatic carbocycles.